The van der Waals surface area contributed by atoms with Crippen LogP contribution in [0.15, 0.2) is 90.3 Å². The van der Waals surface area contributed by atoms with Gasteiger partial charge < -0.3 is 18.9 Å². The molecule has 0 spiro atoms. The van der Waals surface area contributed by atoms with Crippen molar-refractivity contribution in [3.05, 3.63) is 107 Å². The summed E-state index contributed by atoms with van der Waals surface area (Å²) >= 11 is 0. The van der Waals surface area contributed by atoms with Crippen LogP contribution in [0.5, 0.6) is 5.75 Å². The molecule has 0 N–H and O–H groups in total. The maximum atomic E-state index is 8.19. The molecule has 9 nitrogen and oxygen atoms in total. The second-order valence-corrected chi connectivity index (χ2v) is 8.63. The van der Waals surface area contributed by atoms with Gasteiger partial charge in [0.1, 0.15) is 25.4 Å². The van der Waals surface area contributed by atoms with Crippen LogP contribution >= 0.6 is 0 Å². The fourth-order valence-electron chi connectivity index (χ4n) is 4.08. The van der Waals surface area contributed by atoms with Gasteiger partial charge in [0.25, 0.3) is 0 Å². The molecular formula is C29H34N5O4+. The minimum absolute atomic E-state index is 0.332. The minimum Gasteiger partial charge on any atom is -0.491 e. The molecule has 0 fully saturated rings. The van der Waals surface area contributed by atoms with Gasteiger partial charge in [-0.1, -0.05) is 65.8 Å². The Morgan fingerprint density at radius 2 is 1.37 bits per heavy atom. The molecule has 3 aromatic carbocycles. The molecule has 198 valence electrons. The van der Waals surface area contributed by atoms with E-state index < -0.39 is 0 Å². The number of benzene rings is 3. The van der Waals surface area contributed by atoms with E-state index in [0.29, 0.717) is 52.8 Å². The third kappa shape index (κ3) is 8.61. The van der Waals surface area contributed by atoms with Crippen molar-refractivity contribution in [1.82, 2.24) is 4.57 Å². The summed E-state index contributed by atoms with van der Waals surface area (Å²) in [5.74, 6) is 0.814. The van der Waals surface area contributed by atoms with E-state index in [9.17, 15) is 0 Å². The molecule has 1 aromatic heterocycles. The van der Waals surface area contributed by atoms with Crippen molar-refractivity contribution in [3.8, 4) is 5.75 Å². The van der Waals surface area contributed by atoms with Crippen molar-refractivity contribution in [3.63, 3.8) is 0 Å². The summed E-state index contributed by atoms with van der Waals surface area (Å²) in [5, 5.41) is 3.40. The van der Waals surface area contributed by atoms with Crippen molar-refractivity contribution in [1.29, 1.82) is 0 Å². The molecule has 1 heterocycles. The van der Waals surface area contributed by atoms with E-state index in [1.54, 1.807) is 0 Å². The number of aromatic nitrogens is 2. The number of azide groups is 1. The van der Waals surface area contributed by atoms with E-state index in [-0.39, 0.29) is 0 Å². The summed E-state index contributed by atoms with van der Waals surface area (Å²) in [6.07, 6.45) is 2.18. The molecule has 0 saturated heterocycles. The van der Waals surface area contributed by atoms with Crippen LogP contribution in [0.4, 0.5) is 0 Å². The van der Waals surface area contributed by atoms with Crippen LogP contribution in [-0.2, 0) is 27.3 Å². The quantitative estimate of drug-likeness (QED) is 0.0665. The first-order chi connectivity index (χ1) is 18.8. The van der Waals surface area contributed by atoms with Gasteiger partial charge in [0, 0.05) is 17.5 Å². The van der Waals surface area contributed by atoms with Gasteiger partial charge in [-0.15, -0.1) is 0 Å². The highest BCUT2D eigenvalue weighted by Crippen LogP contribution is 2.20. The zero-order chi connectivity index (χ0) is 26.3. The monoisotopic (exact) mass is 516 g/mol. The number of fused-ring (bicyclic) bond motifs is 1. The summed E-state index contributed by atoms with van der Waals surface area (Å²) < 4.78 is 26.9. The summed E-state index contributed by atoms with van der Waals surface area (Å²) in [5.41, 5.74) is 13.0. The summed E-state index contributed by atoms with van der Waals surface area (Å²) in [7, 11) is 0. The predicted octanol–water partition coefficient (Wildman–Crippen LogP) is 4.76. The van der Waals surface area contributed by atoms with Crippen molar-refractivity contribution >= 4 is 11.0 Å². The fraction of sp³-hybridized carbons (Fsp3) is 0.345. The topological polar surface area (TPSA) is 94.5 Å². The van der Waals surface area contributed by atoms with Crippen LogP contribution in [0.25, 0.3) is 21.5 Å². The van der Waals surface area contributed by atoms with E-state index in [2.05, 4.69) is 86.2 Å². The SMILES string of the molecule is [N-]=[N+]=NCCOCCOCCOCCOc1ccc2c(c1)[n+](Cc1ccccc1)cn2Cc1ccccc1. The number of ether oxygens (including phenoxy) is 4. The first-order valence-electron chi connectivity index (χ1n) is 12.8. The minimum atomic E-state index is 0.332. The lowest BCUT2D eigenvalue weighted by Crippen LogP contribution is -2.32. The molecule has 4 aromatic rings. The molecule has 0 aliphatic rings. The molecule has 9 heteroatoms. The number of hydrogen-bond donors (Lipinski definition) is 0. The summed E-state index contributed by atoms with van der Waals surface area (Å²) in [4.78, 5) is 2.67. The van der Waals surface area contributed by atoms with Gasteiger partial charge in [-0.05, 0) is 28.8 Å². The predicted molar refractivity (Wildman–Crippen MR) is 145 cm³/mol. The summed E-state index contributed by atoms with van der Waals surface area (Å²) in [6, 6.07) is 27.2. The molecule has 0 bridgehead atoms. The van der Waals surface area contributed by atoms with Crippen LogP contribution in [0, 0.1) is 0 Å². The molecule has 0 saturated carbocycles. The largest absolute Gasteiger partial charge is 0.491 e. The Balaban J connectivity index is 1.27. The lowest BCUT2D eigenvalue weighted by molar-refractivity contribution is -0.663. The Kier molecular flexibility index (Phi) is 11.0. The molecular weight excluding hydrogens is 482 g/mol. The Hall–Kier alpha value is -3.88. The average molecular weight is 517 g/mol. The normalized spacial score (nSPS) is 10.9. The van der Waals surface area contributed by atoms with Gasteiger partial charge in [-0.25, -0.2) is 9.13 Å². The standard InChI is InChI=1S/C29H34N5O4/c30-32-31-13-14-35-15-16-36-17-18-37-19-20-38-27-11-12-28-29(21-27)34(23-26-9-5-2-6-10-26)24-33(28)22-25-7-3-1-4-8-25/h1-12,21,24H,13-20,22-23H2/q+1. The highest BCUT2D eigenvalue weighted by molar-refractivity contribution is 5.74. The average Bonchev–Trinajstić information content (AvgIpc) is 3.28. The maximum Gasteiger partial charge on any atom is 0.245 e. The second-order valence-electron chi connectivity index (χ2n) is 8.63. The van der Waals surface area contributed by atoms with Crippen LogP contribution in [0.1, 0.15) is 11.1 Å². The van der Waals surface area contributed by atoms with E-state index in [1.165, 1.54) is 11.1 Å². The van der Waals surface area contributed by atoms with E-state index in [4.69, 9.17) is 24.5 Å². The zero-order valence-electron chi connectivity index (χ0n) is 21.5. The Labute approximate surface area is 222 Å². The molecule has 0 aliphatic heterocycles. The molecule has 0 aliphatic carbocycles. The molecule has 4 rings (SSSR count). The van der Waals surface area contributed by atoms with Gasteiger partial charge in [0.2, 0.25) is 6.33 Å². The van der Waals surface area contributed by atoms with Crippen LogP contribution < -0.4 is 9.30 Å². The molecule has 0 atom stereocenters. The third-order valence-electron chi connectivity index (χ3n) is 5.88. The van der Waals surface area contributed by atoms with Gasteiger partial charge in [0.15, 0.2) is 11.0 Å². The Morgan fingerprint density at radius 1 is 0.737 bits per heavy atom. The van der Waals surface area contributed by atoms with Crippen molar-refractivity contribution in [2.24, 2.45) is 5.11 Å². The van der Waals surface area contributed by atoms with Crippen molar-refractivity contribution in [2.45, 2.75) is 13.1 Å². The van der Waals surface area contributed by atoms with Crippen LogP contribution in [0.2, 0.25) is 0 Å². The van der Waals surface area contributed by atoms with Gasteiger partial charge in [-0.2, -0.15) is 0 Å². The molecule has 38 heavy (non-hydrogen) atoms. The zero-order valence-corrected chi connectivity index (χ0v) is 21.5. The van der Waals surface area contributed by atoms with E-state index in [1.807, 2.05) is 18.2 Å². The molecule has 0 radical (unpaired) electrons. The second kappa shape index (κ2) is 15.4. The lowest BCUT2D eigenvalue weighted by Gasteiger charge is -2.08. The lowest BCUT2D eigenvalue weighted by atomic mass is 10.2. The van der Waals surface area contributed by atoms with Crippen LogP contribution in [0.3, 0.4) is 0 Å². The Morgan fingerprint density at radius 3 is 2.05 bits per heavy atom. The third-order valence-corrected chi connectivity index (χ3v) is 5.88. The number of rotatable bonds is 17. The fourth-order valence-corrected chi connectivity index (χ4v) is 4.08. The maximum absolute atomic E-state index is 8.19. The van der Waals surface area contributed by atoms with E-state index in [0.717, 1.165) is 29.9 Å². The van der Waals surface area contributed by atoms with Gasteiger partial charge in [0.05, 0.1) is 39.6 Å². The number of nitrogens with zero attached hydrogens (tertiary/aromatic N) is 5. The number of hydrogen-bond acceptors (Lipinski definition) is 5. The summed E-state index contributed by atoms with van der Waals surface area (Å²) in [6.45, 7) is 5.16. The van der Waals surface area contributed by atoms with Crippen molar-refractivity contribution < 1.29 is 23.5 Å². The molecule has 0 unspecified atom stereocenters. The van der Waals surface area contributed by atoms with Crippen LogP contribution in [-0.4, -0.2) is 57.4 Å². The Bertz CT molecular complexity index is 1290. The molecule has 0 amide bonds. The van der Waals surface area contributed by atoms with E-state index >= 15 is 0 Å². The van der Waals surface area contributed by atoms with Gasteiger partial charge >= 0.3 is 0 Å². The highest BCUT2D eigenvalue weighted by Gasteiger charge is 2.17. The first kappa shape index (κ1) is 27.2. The van der Waals surface area contributed by atoms with Gasteiger partial charge in [-0.3, -0.25) is 0 Å². The smallest absolute Gasteiger partial charge is 0.245 e. The number of imidazole rings is 1. The highest BCUT2D eigenvalue weighted by atomic mass is 16.6. The first-order valence-corrected chi connectivity index (χ1v) is 12.8. The van der Waals surface area contributed by atoms with Crippen molar-refractivity contribution in [2.75, 3.05) is 52.8 Å².